The second kappa shape index (κ2) is 4.96. The van der Waals surface area contributed by atoms with Gasteiger partial charge in [-0.2, -0.15) is 0 Å². The van der Waals surface area contributed by atoms with Crippen molar-refractivity contribution in [2.45, 2.75) is 25.4 Å². The molecule has 0 aliphatic carbocycles. The molecule has 1 aromatic rings. The van der Waals surface area contributed by atoms with Crippen LogP contribution in [-0.4, -0.2) is 30.8 Å². The minimum Gasteiger partial charge on any atom is -0.454 e. The Bertz CT molecular complexity index is 445. The highest BCUT2D eigenvalue weighted by atomic mass is 35.5. The first-order valence-corrected chi connectivity index (χ1v) is 6.66. The van der Waals surface area contributed by atoms with Crippen molar-refractivity contribution in [1.82, 2.24) is 4.90 Å². The van der Waals surface area contributed by atoms with Gasteiger partial charge in [-0.05, 0) is 43.6 Å². The molecule has 1 aromatic carbocycles. The number of hydrogen-bond acceptors (Lipinski definition) is 4. The number of rotatable bonds is 2. The fourth-order valence-corrected chi connectivity index (χ4v) is 2.77. The van der Waals surface area contributed by atoms with Gasteiger partial charge in [0.1, 0.15) is 0 Å². The Hall–Kier alpha value is -0.970. The van der Waals surface area contributed by atoms with Crippen molar-refractivity contribution in [3.63, 3.8) is 0 Å². The van der Waals surface area contributed by atoms with Gasteiger partial charge in [0.25, 0.3) is 0 Å². The topological polar surface area (TPSA) is 47.7 Å². The van der Waals surface area contributed by atoms with Crippen LogP contribution in [0.2, 0.25) is 5.02 Å². The zero-order chi connectivity index (χ0) is 12.5. The largest absolute Gasteiger partial charge is 0.454 e. The van der Waals surface area contributed by atoms with Crippen molar-refractivity contribution in [3.05, 3.63) is 22.7 Å². The third-order valence-corrected chi connectivity index (χ3v) is 3.81. The van der Waals surface area contributed by atoms with Crippen molar-refractivity contribution in [1.29, 1.82) is 0 Å². The lowest BCUT2D eigenvalue weighted by Gasteiger charge is -2.30. The molecular weight excluding hydrogens is 252 g/mol. The number of fused-ring (bicyclic) bond motifs is 1. The van der Waals surface area contributed by atoms with Gasteiger partial charge in [-0.25, -0.2) is 0 Å². The molecule has 1 saturated heterocycles. The summed E-state index contributed by atoms with van der Waals surface area (Å²) in [5, 5.41) is 0.633. The molecule has 2 heterocycles. The summed E-state index contributed by atoms with van der Waals surface area (Å²) in [5.41, 5.74) is 7.07. The highest BCUT2D eigenvalue weighted by molar-refractivity contribution is 6.32. The van der Waals surface area contributed by atoms with Crippen LogP contribution in [0, 0.1) is 0 Å². The van der Waals surface area contributed by atoms with Gasteiger partial charge >= 0.3 is 0 Å². The van der Waals surface area contributed by atoms with E-state index in [0.717, 1.165) is 38.2 Å². The van der Waals surface area contributed by atoms with E-state index in [1.165, 1.54) is 5.56 Å². The number of benzene rings is 1. The molecular formula is C13H17ClN2O2. The third-order valence-electron chi connectivity index (χ3n) is 3.53. The monoisotopic (exact) mass is 268 g/mol. The summed E-state index contributed by atoms with van der Waals surface area (Å²) in [6, 6.07) is 4.34. The fraction of sp³-hybridized carbons (Fsp3) is 0.538. The summed E-state index contributed by atoms with van der Waals surface area (Å²) in [5.74, 6) is 1.42. The predicted molar refractivity (Wildman–Crippen MR) is 70.1 cm³/mol. The maximum atomic E-state index is 6.17. The van der Waals surface area contributed by atoms with E-state index in [9.17, 15) is 0 Å². The molecule has 0 radical (unpaired) electrons. The SMILES string of the molecule is NC1CCN(Cc2cc(Cl)c3c(c2)OCO3)CC1. The normalized spacial score (nSPS) is 20.3. The summed E-state index contributed by atoms with van der Waals surface area (Å²) in [4.78, 5) is 2.40. The average molecular weight is 269 g/mol. The summed E-state index contributed by atoms with van der Waals surface area (Å²) in [6.45, 7) is 3.25. The van der Waals surface area contributed by atoms with Crippen molar-refractivity contribution in [3.8, 4) is 11.5 Å². The van der Waals surface area contributed by atoms with E-state index in [4.69, 9.17) is 26.8 Å². The number of ether oxygens (including phenoxy) is 2. The molecule has 2 aliphatic heterocycles. The lowest BCUT2D eigenvalue weighted by atomic mass is 10.1. The molecule has 0 bridgehead atoms. The Morgan fingerprint density at radius 1 is 1.28 bits per heavy atom. The smallest absolute Gasteiger partial charge is 0.231 e. The molecule has 5 heteroatoms. The summed E-state index contributed by atoms with van der Waals surface area (Å²) in [6.07, 6.45) is 2.14. The minimum absolute atomic E-state index is 0.261. The average Bonchev–Trinajstić information content (AvgIpc) is 2.81. The van der Waals surface area contributed by atoms with Gasteiger partial charge in [0.15, 0.2) is 11.5 Å². The van der Waals surface area contributed by atoms with Crippen molar-refractivity contribution in [2.75, 3.05) is 19.9 Å². The van der Waals surface area contributed by atoms with E-state index >= 15 is 0 Å². The Labute approximate surface area is 112 Å². The quantitative estimate of drug-likeness (QED) is 0.891. The van der Waals surface area contributed by atoms with Gasteiger partial charge in [-0.3, -0.25) is 4.90 Å². The van der Waals surface area contributed by atoms with Crippen molar-refractivity contribution >= 4 is 11.6 Å². The van der Waals surface area contributed by atoms with E-state index in [-0.39, 0.29) is 6.79 Å². The van der Waals surface area contributed by atoms with Crippen LogP contribution in [0.4, 0.5) is 0 Å². The molecule has 1 fully saturated rings. The molecule has 0 atom stereocenters. The Balaban J connectivity index is 1.71. The first-order chi connectivity index (χ1) is 8.72. The predicted octanol–water partition coefficient (Wildman–Crippen LogP) is 1.99. The number of halogens is 1. The Morgan fingerprint density at radius 3 is 2.83 bits per heavy atom. The summed E-state index contributed by atoms with van der Waals surface area (Å²) >= 11 is 6.17. The maximum absolute atomic E-state index is 6.17. The van der Waals surface area contributed by atoms with E-state index < -0.39 is 0 Å². The van der Waals surface area contributed by atoms with Gasteiger partial charge in [0.2, 0.25) is 6.79 Å². The second-order valence-electron chi connectivity index (χ2n) is 4.93. The van der Waals surface area contributed by atoms with Crippen LogP contribution in [0.5, 0.6) is 11.5 Å². The van der Waals surface area contributed by atoms with Crippen LogP contribution in [-0.2, 0) is 6.54 Å². The highest BCUT2D eigenvalue weighted by Gasteiger charge is 2.20. The molecule has 3 rings (SSSR count). The van der Waals surface area contributed by atoms with E-state index in [1.807, 2.05) is 12.1 Å². The molecule has 2 N–H and O–H groups in total. The van der Waals surface area contributed by atoms with Crippen LogP contribution >= 0.6 is 11.6 Å². The van der Waals surface area contributed by atoms with Gasteiger partial charge in [0, 0.05) is 12.6 Å². The van der Waals surface area contributed by atoms with E-state index in [1.54, 1.807) is 0 Å². The molecule has 98 valence electrons. The van der Waals surface area contributed by atoms with Gasteiger partial charge in [-0.1, -0.05) is 11.6 Å². The standard InChI is InChI=1S/C13H17ClN2O2/c14-11-5-9(6-12-13(11)18-8-17-12)7-16-3-1-10(15)2-4-16/h5-6,10H,1-4,7-8,15H2. The first kappa shape index (κ1) is 12.1. The molecule has 0 saturated carbocycles. The highest BCUT2D eigenvalue weighted by Crippen LogP contribution is 2.40. The summed E-state index contributed by atoms with van der Waals surface area (Å²) in [7, 11) is 0. The third kappa shape index (κ3) is 2.41. The summed E-state index contributed by atoms with van der Waals surface area (Å²) < 4.78 is 10.7. The maximum Gasteiger partial charge on any atom is 0.231 e. The number of nitrogens with two attached hydrogens (primary N) is 1. The molecule has 4 nitrogen and oxygen atoms in total. The van der Waals surface area contributed by atoms with Crippen LogP contribution in [0.15, 0.2) is 12.1 Å². The van der Waals surface area contributed by atoms with Crippen LogP contribution in [0.1, 0.15) is 18.4 Å². The lowest BCUT2D eigenvalue weighted by Crippen LogP contribution is -2.39. The zero-order valence-corrected chi connectivity index (χ0v) is 10.9. The second-order valence-corrected chi connectivity index (χ2v) is 5.33. The van der Waals surface area contributed by atoms with Crippen molar-refractivity contribution < 1.29 is 9.47 Å². The fourth-order valence-electron chi connectivity index (χ4n) is 2.48. The lowest BCUT2D eigenvalue weighted by molar-refractivity contribution is 0.173. The number of hydrogen-bond donors (Lipinski definition) is 1. The van der Waals surface area contributed by atoms with Crippen molar-refractivity contribution in [2.24, 2.45) is 5.73 Å². The van der Waals surface area contributed by atoms with Gasteiger partial charge < -0.3 is 15.2 Å². The van der Waals surface area contributed by atoms with Crippen LogP contribution < -0.4 is 15.2 Å². The molecule has 0 unspecified atom stereocenters. The van der Waals surface area contributed by atoms with Crippen LogP contribution in [0.25, 0.3) is 0 Å². The molecule has 2 aliphatic rings. The number of likely N-dealkylation sites (tertiary alicyclic amines) is 1. The van der Waals surface area contributed by atoms with Crippen LogP contribution in [0.3, 0.4) is 0 Å². The molecule has 18 heavy (non-hydrogen) atoms. The van der Waals surface area contributed by atoms with Gasteiger partial charge in [-0.15, -0.1) is 0 Å². The Kier molecular flexibility index (Phi) is 3.33. The Morgan fingerprint density at radius 2 is 2.06 bits per heavy atom. The van der Waals surface area contributed by atoms with E-state index in [0.29, 0.717) is 16.8 Å². The number of nitrogens with zero attached hydrogens (tertiary/aromatic N) is 1. The number of piperidine rings is 1. The molecule has 0 spiro atoms. The van der Waals surface area contributed by atoms with E-state index in [2.05, 4.69) is 4.90 Å². The minimum atomic E-state index is 0.261. The molecule has 0 aromatic heterocycles. The van der Waals surface area contributed by atoms with Gasteiger partial charge in [0.05, 0.1) is 5.02 Å². The zero-order valence-electron chi connectivity index (χ0n) is 10.2. The first-order valence-electron chi connectivity index (χ1n) is 6.28. The molecule has 0 amide bonds.